The lowest BCUT2D eigenvalue weighted by molar-refractivity contribution is 1.10. The van der Waals surface area contributed by atoms with Gasteiger partial charge >= 0.3 is 0 Å². The van der Waals surface area contributed by atoms with Crippen LogP contribution in [0.1, 0.15) is 23.6 Å². The number of aromatic nitrogens is 1. The minimum absolute atomic E-state index is 0. The summed E-state index contributed by atoms with van der Waals surface area (Å²) in [6, 6.07) is 6.44. The van der Waals surface area contributed by atoms with E-state index in [4.69, 9.17) is 5.84 Å². The van der Waals surface area contributed by atoms with Crippen molar-refractivity contribution in [3.8, 4) is 0 Å². The minimum Gasteiger partial charge on any atom is -0.308 e. The molecule has 0 fully saturated rings. The van der Waals surface area contributed by atoms with E-state index in [9.17, 15) is 0 Å². The van der Waals surface area contributed by atoms with E-state index in [0.717, 1.165) is 23.3 Å². The summed E-state index contributed by atoms with van der Waals surface area (Å²) in [7, 11) is 0. The standard InChI is InChI=1S/C13H17N3.ClH/c1-4-10-7-11-9(3)5-8(2)6-12(11)15-13(10)16-14;/h5-7H,4,14H2,1-3H3,(H,15,16);1H. The second-order valence-corrected chi connectivity index (χ2v) is 4.14. The molecule has 0 aliphatic heterocycles. The SMILES string of the molecule is CCc1cc2c(C)cc(C)cc2nc1NN.Cl. The zero-order valence-electron chi connectivity index (χ0n) is 10.4. The van der Waals surface area contributed by atoms with Gasteiger partial charge in [-0.15, -0.1) is 12.4 Å². The van der Waals surface area contributed by atoms with Gasteiger partial charge in [0.25, 0.3) is 0 Å². The molecular weight excluding hydrogens is 234 g/mol. The highest BCUT2D eigenvalue weighted by molar-refractivity contribution is 5.86. The molecule has 1 heterocycles. The number of halogens is 1. The van der Waals surface area contributed by atoms with Gasteiger partial charge in [-0.05, 0) is 49.1 Å². The van der Waals surface area contributed by atoms with E-state index >= 15 is 0 Å². The third-order valence-corrected chi connectivity index (χ3v) is 2.88. The number of nitrogens with one attached hydrogen (secondary N) is 1. The monoisotopic (exact) mass is 251 g/mol. The highest BCUT2D eigenvalue weighted by Gasteiger charge is 2.06. The first kappa shape index (κ1) is 13.7. The molecule has 0 spiro atoms. The van der Waals surface area contributed by atoms with Gasteiger partial charge < -0.3 is 5.43 Å². The molecule has 4 heteroatoms. The van der Waals surface area contributed by atoms with E-state index in [-0.39, 0.29) is 12.4 Å². The molecule has 0 saturated heterocycles. The van der Waals surface area contributed by atoms with Crippen LogP contribution in [0.5, 0.6) is 0 Å². The van der Waals surface area contributed by atoms with E-state index in [1.807, 2.05) is 0 Å². The number of anilines is 1. The Hall–Kier alpha value is -1.32. The molecule has 0 atom stereocenters. The molecule has 0 radical (unpaired) electrons. The summed E-state index contributed by atoms with van der Waals surface area (Å²) in [6.07, 6.45) is 0.926. The molecule has 3 nitrogen and oxygen atoms in total. The van der Waals surface area contributed by atoms with Crippen molar-refractivity contribution in [3.63, 3.8) is 0 Å². The summed E-state index contributed by atoms with van der Waals surface area (Å²) in [5.74, 6) is 6.26. The minimum atomic E-state index is 0. The number of nitrogens with two attached hydrogens (primary N) is 1. The predicted molar refractivity (Wildman–Crippen MR) is 75.7 cm³/mol. The van der Waals surface area contributed by atoms with Crippen LogP contribution in [0.15, 0.2) is 18.2 Å². The fourth-order valence-electron chi connectivity index (χ4n) is 2.07. The zero-order valence-corrected chi connectivity index (χ0v) is 11.2. The Morgan fingerprint density at radius 1 is 1.24 bits per heavy atom. The van der Waals surface area contributed by atoms with Crippen LogP contribution in [-0.2, 0) is 6.42 Å². The topological polar surface area (TPSA) is 50.9 Å². The summed E-state index contributed by atoms with van der Waals surface area (Å²) in [6.45, 7) is 6.30. The summed E-state index contributed by atoms with van der Waals surface area (Å²) in [5, 5.41) is 1.21. The molecule has 2 rings (SSSR count). The average Bonchev–Trinajstić information content (AvgIpc) is 2.27. The first-order valence-electron chi connectivity index (χ1n) is 5.53. The number of hydrazine groups is 1. The van der Waals surface area contributed by atoms with E-state index in [1.54, 1.807) is 0 Å². The van der Waals surface area contributed by atoms with Crippen LogP contribution in [-0.4, -0.2) is 4.98 Å². The number of hydrogen-bond acceptors (Lipinski definition) is 3. The van der Waals surface area contributed by atoms with Crippen molar-refractivity contribution < 1.29 is 0 Å². The van der Waals surface area contributed by atoms with Crippen molar-refractivity contribution in [2.75, 3.05) is 5.43 Å². The van der Waals surface area contributed by atoms with Gasteiger partial charge in [-0.25, -0.2) is 10.8 Å². The summed E-state index contributed by atoms with van der Waals surface area (Å²) in [5.41, 5.74) is 7.31. The van der Waals surface area contributed by atoms with Crippen LogP contribution in [0, 0.1) is 13.8 Å². The summed E-state index contributed by atoms with van der Waals surface area (Å²) in [4.78, 5) is 4.55. The molecule has 0 saturated carbocycles. The van der Waals surface area contributed by atoms with Gasteiger partial charge in [0.1, 0.15) is 5.82 Å². The van der Waals surface area contributed by atoms with E-state index in [0.29, 0.717) is 0 Å². The zero-order chi connectivity index (χ0) is 11.7. The molecule has 1 aromatic carbocycles. The van der Waals surface area contributed by atoms with Crippen molar-refractivity contribution in [1.82, 2.24) is 4.98 Å². The molecule has 3 N–H and O–H groups in total. The highest BCUT2D eigenvalue weighted by atomic mass is 35.5. The van der Waals surface area contributed by atoms with Gasteiger partial charge in [0.05, 0.1) is 5.52 Å². The number of fused-ring (bicyclic) bond motifs is 1. The fraction of sp³-hybridized carbons (Fsp3) is 0.308. The van der Waals surface area contributed by atoms with Gasteiger partial charge in [0.2, 0.25) is 0 Å². The van der Waals surface area contributed by atoms with Crippen LogP contribution in [0.4, 0.5) is 5.82 Å². The molecular formula is C13H18ClN3. The summed E-state index contributed by atoms with van der Waals surface area (Å²) < 4.78 is 0. The number of pyridine rings is 1. The van der Waals surface area contributed by atoms with Crippen molar-refractivity contribution >= 4 is 29.1 Å². The molecule has 0 unspecified atom stereocenters. The van der Waals surface area contributed by atoms with Crippen molar-refractivity contribution in [2.24, 2.45) is 5.84 Å². The molecule has 0 bridgehead atoms. The third-order valence-electron chi connectivity index (χ3n) is 2.88. The Labute approximate surface area is 108 Å². The lowest BCUT2D eigenvalue weighted by Crippen LogP contribution is -2.11. The quantitative estimate of drug-likeness (QED) is 0.637. The maximum atomic E-state index is 5.48. The Balaban J connectivity index is 0.00000144. The number of aryl methyl sites for hydroxylation is 3. The number of nitrogens with zero attached hydrogens (tertiary/aromatic N) is 1. The first-order valence-corrected chi connectivity index (χ1v) is 5.53. The molecule has 1 aromatic heterocycles. The van der Waals surface area contributed by atoms with Crippen molar-refractivity contribution in [3.05, 3.63) is 34.9 Å². The van der Waals surface area contributed by atoms with Gasteiger partial charge in [-0.1, -0.05) is 13.0 Å². The van der Waals surface area contributed by atoms with Gasteiger partial charge in [0, 0.05) is 5.39 Å². The summed E-state index contributed by atoms with van der Waals surface area (Å²) >= 11 is 0. The predicted octanol–water partition coefficient (Wildman–Crippen LogP) is 3.12. The molecule has 17 heavy (non-hydrogen) atoms. The Bertz CT molecular complexity index is 538. The second-order valence-electron chi connectivity index (χ2n) is 4.14. The molecule has 92 valence electrons. The maximum absolute atomic E-state index is 5.48. The normalized spacial score (nSPS) is 10.1. The van der Waals surface area contributed by atoms with Crippen LogP contribution < -0.4 is 11.3 Å². The molecule has 0 aliphatic carbocycles. The second kappa shape index (κ2) is 5.34. The molecule has 2 aromatic rings. The van der Waals surface area contributed by atoms with E-state index in [1.165, 1.54) is 16.5 Å². The van der Waals surface area contributed by atoms with Crippen LogP contribution in [0.3, 0.4) is 0 Å². The smallest absolute Gasteiger partial charge is 0.143 e. The van der Waals surface area contributed by atoms with Crippen LogP contribution in [0.25, 0.3) is 10.9 Å². The van der Waals surface area contributed by atoms with Crippen LogP contribution >= 0.6 is 12.4 Å². The van der Waals surface area contributed by atoms with Crippen molar-refractivity contribution in [2.45, 2.75) is 27.2 Å². The lowest BCUT2D eigenvalue weighted by Gasteiger charge is -2.10. The number of hydrogen-bond donors (Lipinski definition) is 2. The average molecular weight is 252 g/mol. The lowest BCUT2D eigenvalue weighted by atomic mass is 10.0. The number of benzene rings is 1. The molecule has 0 amide bonds. The van der Waals surface area contributed by atoms with Crippen LogP contribution in [0.2, 0.25) is 0 Å². The highest BCUT2D eigenvalue weighted by Crippen LogP contribution is 2.24. The Morgan fingerprint density at radius 3 is 2.53 bits per heavy atom. The molecule has 0 aliphatic rings. The van der Waals surface area contributed by atoms with Gasteiger partial charge in [0.15, 0.2) is 0 Å². The van der Waals surface area contributed by atoms with Gasteiger partial charge in [-0.3, -0.25) is 0 Å². The number of nitrogen functional groups attached to an aromatic ring is 1. The first-order chi connectivity index (χ1) is 7.65. The third kappa shape index (κ3) is 2.51. The van der Waals surface area contributed by atoms with Gasteiger partial charge in [-0.2, -0.15) is 0 Å². The van der Waals surface area contributed by atoms with E-state index in [2.05, 4.69) is 49.4 Å². The Morgan fingerprint density at radius 2 is 1.94 bits per heavy atom. The van der Waals surface area contributed by atoms with Crippen molar-refractivity contribution in [1.29, 1.82) is 0 Å². The largest absolute Gasteiger partial charge is 0.308 e. The Kier molecular flexibility index (Phi) is 4.32. The van der Waals surface area contributed by atoms with E-state index < -0.39 is 0 Å². The maximum Gasteiger partial charge on any atom is 0.143 e. The number of rotatable bonds is 2. The fourth-order valence-corrected chi connectivity index (χ4v) is 2.07.